The van der Waals surface area contributed by atoms with Crippen LogP contribution in [0.4, 0.5) is 4.39 Å². The van der Waals surface area contributed by atoms with E-state index in [1.165, 1.54) is 0 Å². The van der Waals surface area contributed by atoms with Crippen molar-refractivity contribution >= 4 is 9.24 Å². The van der Waals surface area contributed by atoms with Crippen LogP contribution in [0.2, 0.25) is 0 Å². The Hall–Kier alpha value is 0.360. The minimum atomic E-state index is -1.00. The van der Waals surface area contributed by atoms with Crippen molar-refractivity contribution in [2.75, 3.05) is 0 Å². The summed E-state index contributed by atoms with van der Waals surface area (Å²) in [6, 6.07) is 0. The maximum atomic E-state index is 12.5. The Morgan fingerprint density at radius 3 is 1.44 bits per heavy atom. The van der Waals surface area contributed by atoms with Gasteiger partial charge in [0.25, 0.3) is 0 Å². The lowest BCUT2D eigenvalue weighted by molar-refractivity contribution is 0.270. The lowest BCUT2D eigenvalue weighted by Crippen LogP contribution is -2.07. The van der Waals surface area contributed by atoms with Crippen molar-refractivity contribution in [2.45, 2.75) is 45.9 Å². The largest absolute Gasteiger partial charge is 0.240 e. The van der Waals surface area contributed by atoms with Crippen LogP contribution < -0.4 is 0 Å². The molecule has 0 radical (unpaired) electrons. The molecule has 0 rings (SSSR count). The van der Waals surface area contributed by atoms with E-state index in [4.69, 9.17) is 0 Å². The molecule has 0 aliphatic carbocycles. The molecule has 0 aromatic rings. The molecule has 1 unspecified atom stereocenters. The summed E-state index contributed by atoms with van der Waals surface area (Å²) in [7, 11) is 2.20. The third kappa shape index (κ3) is 8.36. The molecular weight excluding hydrogens is 134 g/mol. The highest BCUT2D eigenvalue weighted by atomic mass is 31.0. The first-order valence-electron chi connectivity index (χ1n) is 3.60. The Morgan fingerprint density at radius 2 is 1.44 bits per heavy atom. The van der Waals surface area contributed by atoms with Gasteiger partial charge in [-0.15, -0.1) is 0 Å². The normalized spacial score (nSPS) is 10.0. The first kappa shape index (κ1) is 12.1. The van der Waals surface area contributed by atoms with E-state index in [0.717, 1.165) is 0 Å². The number of hydrogen-bond donors (Lipinski definition) is 0. The van der Waals surface area contributed by atoms with Crippen molar-refractivity contribution in [3.63, 3.8) is 0 Å². The van der Waals surface area contributed by atoms with E-state index >= 15 is 0 Å². The number of halogens is 1. The van der Waals surface area contributed by atoms with Crippen LogP contribution in [0.25, 0.3) is 0 Å². The Balaban J connectivity index is 0. The van der Waals surface area contributed by atoms with Crippen molar-refractivity contribution in [3.8, 4) is 0 Å². The Labute approximate surface area is 60.4 Å². The maximum Gasteiger partial charge on any atom is 0.123 e. The fraction of sp³-hybridized carbons (Fsp3) is 1.00. The van der Waals surface area contributed by atoms with Gasteiger partial charge in [0.1, 0.15) is 5.41 Å². The summed E-state index contributed by atoms with van der Waals surface area (Å²) in [4.78, 5) is 0. The molecule has 0 N–H and O–H groups in total. The third-order valence-electron chi connectivity index (χ3n) is 1.18. The molecule has 2 heteroatoms. The molecule has 0 saturated heterocycles. The van der Waals surface area contributed by atoms with Crippen LogP contribution in [0.1, 0.15) is 40.5 Å². The van der Waals surface area contributed by atoms with E-state index in [-0.39, 0.29) is 0 Å². The van der Waals surface area contributed by atoms with Gasteiger partial charge in [-0.3, -0.25) is 0 Å². The molecule has 58 valence electrons. The highest BCUT2D eigenvalue weighted by Crippen LogP contribution is 2.27. The van der Waals surface area contributed by atoms with Gasteiger partial charge in [-0.25, -0.2) is 4.39 Å². The van der Waals surface area contributed by atoms with Crippen LogP contribution in [0.3, 0.4) is 0 Å². The summed E-state index contributed by atoms with van der Waals surface area (Å²) >= 11 is 0. The summed E-state index contributed by atoms with van der Waals surface area (Å²) in [6.45, 7) is 7.69. The van der Waals surface area contributed by atoms with E-state index in [9.17, 15) is 4.39 Å². The van der Waals surface area contributed by atoms with Crippen LogP contribution >= 0.6 is 9.24 Å². The van der Waals surface area contributed by atoms with Gasteiger partial charge in [-0.2, -0.15) is 0 Å². The number of rotatable bonds is 2. The Kier molecular flexibility index (Phi) is 8.69. The highest BCUT2D eigenvalue weighted by molar-refractivity contribution is 7.18. The van der Waals surface area contributed by atoms with Crippen LogP contribution in [0.15, 0.2) is 0 Å². The van der Waals surface area contributed by atoms with Gasteiger partial charge in [-0.05, 0) is 12.8 Å². The standard InChI is InChI=1S/C5H12FP.C2H6/c1-3-5(6,7)4-2;1-2/h3-4,7H2,1-2H3;1-2H3. The molecule has 0 amide bonds. The molecule has 0 aliphatic rings. The second-order valence-corrected chi connectivity index (χ2v) is 2.78. The summed E-state index contributed by atoms with van der Waals surface area (Å²) in [6.07, 6.45) is 1.18. The van der Waals surface area contributed by atoms with Crippen molar-refractivity contribution in [1.29, 1.82) is 0 Å². The molecule has 0 aromatic carbocycles. The van der Waals surface area contributed by atoms with E-state index < -0.39 is 5.41 Å². The molecular formula is C7H18FP. The molecule has 0 aliphatic heterocycles. The number of hydrogen-bond acceptors (Lipinski definition) is 0. The molecule has 0 aromatic heterocycles. The van der Waals surface area contributed by atoms with E-state index in [1.807, 2.05) is 27.7 Å². The lowest BCUT2D eigenvalue weighted by Gasteiger charge is -2.13. The van der Waals surface area contributed by atoms with Gasteiger partial charge >= 0.3 is 0 Å². The molecule has 0 saturated carbocycles. The Bertz CT molecular complexity index is 46.9. The molecule has 0 fully saturated rings. The number of alkyl halides is 1. The molecule has 1 atom stereocenters. The second kappa shape index (κ2) is 6.48. The van der Waals surface area contributed by atoms with Gasteiger partial charge in [0.2, 0.25) is 0 Å². The third-order valence-corrected chi connectivity index (χ3v) is 1.99. The summed E-state index contributed by atoms with van der Waals surface area (Å²) in [5, 5.41) is -1.00. The smallest absolute Gasteiger partial charge is 0.123 e. The van der Waals surface area contributed by atoms with Crippen molar-refractivity contribution < 1.29 is 4.39 Å². The minimum absolute atomic E-state index is 0.591. The van der Waals surface area contributed by atoms with E-state index in [1.54, 1.807) is 0 Å². The van der Waals surface area contributed by atoms with Crippen LogP contribution in [-0.2, 0) is 0 Å². The zero-order valence-electron chi connectivity index (χ0n) is 6.87. The second-order valence-electron chi connectivity index (χ2n) is 1.74. The van der Waals surface area contributed by atoms with Gasteiger partial charge in [0, 0.05) is 0 Å². The van der Waals surface area contributed by atoms with Crippen molar-refractivity contribution in [3.05, 3.63) is 0 Å². The molecule has 0 spiro atoms. The van der Waals surface area contributed by atoms with Crippen molar-refractivity contribution in [2.24, 2.45) is 0 Å². The maximum absolute atomic E-state index is 12.5. The average molecular weight is 152 g/mol. The van der Waals surface area contributed by atoms with Gasteiger partial charge in [0.05, 0.1) is 0 Å². The van der Waals surface area contributed by atoms with Crippen LogP contribution in [0.5, 0.6) is 0 Å². The fourth-order valence-corrected chi connectivity index (χ4v) is 0.250. The quantitative estimate of drug-likeness (QED) is 0.532. The Morgan fingerprint density at radius 1 is 1.22 bits per heavy atom. The van der Waals surface area contributed by atoms with Crippen molar-refractivity contribution in [1.82, 2.24) is 0 Å². The topological polar surface area (TPSA) is 0 Å². The first-order valence-corrected chi connectivity index (χ1v) is 4.18. The first-order chi connectivity index (χ1) is 4.12. The summed E-state index contributed by atoms with van der Waals surface area (Å²) in [5.41, 5.74) is 0. The molecule has 0 nitrogen and oxygen atoms in total. The van der Waals surface area contributed by atoms with E-state index in [2.05, 4.69) is 9.24 Å². The predicted molar refractivity (Wildman–Crippen MR) is 45.5 cm³/mol. The lowest BCUT2D eigenvalue weighted by atomic mass is 10.2. The summed E-state index contributed by atoms with van der Waals surface area (Å²) in [5.74, 6) is 0. The molecule has 0 heterocycles. The SMILES string of the molecule is CC.CCC(F)(P)CC. The van der Waals surface area contributed by atoms with E-state index in [0.29, 0.717) is 12.8 Å². The van der Waals surface area contributed by atoms with Gasteiger partial charge in [0.15, 0.2) is 0 Å². The minimum Gasteiger partial charge on any atom is -0.240 e. The average Bonchev–Trinajstić information content (AvgIpc) is 1.93. The van der Waals surface area contributed by atoms with Crippen LogP contribution in [-0.4, -0.2) is 5.41 Å². The predicted octanol–water partition coefficient (Wildman–Crippen LogP) is 3.37. The van der Waals surface area contributed by atoms with Crippen LogP contribution in [0, 0.1) is 0 Å². The van der Waals surface area contributed by atoms with Gasteiger partial charge in [-0.1, -0.05) is 36.9 Å². The van der Waals surface area contributed by atoms with Gasteiger partial charge < -0.3 is 0 Å². The summed E-state index contributed by atoms with van der Waals surface area (Å²) < 4.78 is 12.5. The molecule has 9 heavy (non-hydrogen) atoms. The zero-order valence-corrected chi connectivity index (χ0v) is 8.02. The highest BCUT2D eigenvalue weighted by Gasteiger charge is 2.15. The monoisotopic (exact) mass is 152 g/mol. The zero-order chi connectivity index (χ0) is 7.91. The molecule has 0 bridgehead atoms. The fourth-order valence-electron chi connectivity index (χ4n) is 0.250.